The number of rotatable bonds is 7. The summed E-state index contributed by atoms with van der Waals surface area (Å²) in [5, 5.41) is 0. The fourth-order valence-corrected chi connectivity index (χ4v) is 6.80. The molecule has 1 aliphatic heterocycles. The predicted octanol–water partition coefficient (Wildman–Crippen LogP) is 6.93. The highest BCUT2D eigenvalue weighted by Gasteiger charge is 2.16. The van der Waals surface area contributed by atoms with Crippen LogP contribution in [0.25, 0.3) is 37.5 Å². The van der Waals surface area contributed by atoms with Gasteiger partial charge in [0.25, 0.3) is 0 Å². The third-order valence-corrected chi connectivity index (χ3v) is 8.89. The average Bonchev–Trinajstić information content (AvgIpc) is 3.09. The quantitative estimate of drug-likeness (QED) is 0.139. The fourth-order valence-electron chi connectivity index (χ4n) is 4.63. The van der Waals surface area contributed by atoms with Crippen LogP contribution in [0.1, 0.15) is 16.0 Å². The van der Waals surface area contributed by atoms with Crippen molar-refractivity contribution in [3.63, 3.8) is 0 Å². The molecule has 2 heterocycles. The average molecular weight is 661 g/mol. The molecule has 0 N–H and O–H groups in total. The molecule has 5 aromatic rings. The first-order chi connectivity index (χ1) is 22.3. The summed E-state index contributed by atoms with van der Waals surface area (Å²) < 4.78 is 34.0. The fraction of sp³-hybridized carbons (Fsp3) is 0. The SMILES string of the molecule is C(/C=C/C=C/c1cc(-c2ccccc2)cc(-c2ccccc2)[s+]1)=C1C=C(c2ccccc2)SC(c2ccccc2)=C1.[O-][Cl+3]([O-])([O-])[O-]. The predicted molar refractivity (Wildman–Crippen MR) is 182 cm³/mol. The monoisotopic (exact) mass is 660 g/mol. The molecule has 0 aliphatic carbocycles. The van der Waals surface area contributed by atoms with Gasteiger partial charge in [-0.15, -0.1) is 10.2 Å². The zero-order chi connectivity index (χ0) is 32.2. The third kappa shape index (κ3) is 10.3. The van der Waals surface area contributed by atoms with E-state index in [4.69, 9.17) is 18.6 Å². The van der Waals surface area contributed by atoms with Crippen molar-refractivity contribution in [2.24, 2.45) is 0 Å². The summed E-state index contributed by atoms with van der Waals surface area (Å²) in [5.41, 5.74) is 7.36. The molecule has 1 aromatic heterocycles. The highest BCUT2D eigenvalue weighted by Crippen LogP contribution is 2.43. The third-order valence-electron chi connectivity index (χ3n) is 6.68. The van der Waals surface area contributed by atoms with Crippen LogP contribution in [0, 0.1) is 10.2 Å². The van der Waals surface area contributed by atoms with E-state index in [1.54, 1.807) is 0 Å². The number of allylic oxidation sites excluding steroid dienone is 7. The molecule has 0 bridgehead atoms. The van der Waals surface area contributed by atoms with Crippen LogP contribution in [0.15, 0.2) is 175 Å². The highest BCUT2D eigenvalue weighted by atomic mass is 35.7. The molecule has 0 saturated heterocycles. The summed E-state index contributed by atoms with van der Waals surface area (Å²) in [4.78, 5) is 4.99. The van der Waals surface area contributed by atoms with Crippen molar-refractivity contribution in [1.82, 2.24) is 0 Å². The number of benzene rings is 4. The van der Waals surface area contributed by atoms with Crippen LogP contribution in [0.4, 0.5) is 0 Å². The van der Waals surface area contributed by atoms with Crippen LogP contribution in [0.2, 0.25) is 0 Å². The first kappa shape index (κ1) is 33.0. The Bertz CT molecular complexity index is 1760. The Balaban J connectivity index is 0.000000775. The lowest BCUT2D eigenvalue weighted by Crippen LogP contribution is -2.68. The number of hydrogen-bond acceptors (Lipinski definition) is 5. The van der Waals surface area contributed by atoms with Crippen molar-refractivity contribution in [1.29, 1.82) is 0 Å². The van der Waals surface area contributed by atoms with Gasteiger partial charge in [-0.25, -0.2) is 18.6 Å². The summed E-state index contributed by atoms with van der Waals surface area (Å²) in [6, 6.07) is 47.0. The molecule has 0 radical (unpaired) electrons. The van der Waals surface area contributed by atoms with Gasteiger partial charge in [-0.2, -0.15) is 0 Å². The molecular weight excluding hydrogens is 632 g/mol. The first-order valence-corrected chi connectivity index (χ1v) is 17.2. The second-order valence-electron chi connectivity index (χ2n) is 9.98. The maximum Gasteiger partial charge on any atom is 0.239 e. The lowest BCUT2D eigenvalue weighted by Gasteiger charge is -2.17. The molecule has 1 aliphatic rings. The van der Waals surface area contributed by atoms with E-state index >= 15 is 0 Å². The number of hydrogen-bond donors (Lipinski definition) is 0. The maximum atomic E-state index is 8.49. The Hall–Kier alpha value is -4.37. The van der Waals surface area contributed by atoms with E-state index in [-0.39, 0.29) is 0 Å². The van der Waals surface area contributed by atoms with Gasteiger partial charge in [0, 0.05) is 33.6 Å². The van der Waals surface area contributed by atoms with Crippen molar-refractivity contribution < 1.29 is 28.9 Å². The Morgan fingerprint density at radius 3 is 1.46 bits per heavy atom. The van der Waals surface area contributed by atoms with Crippen molar-refractivity contribution in [3.8, 4) is 21.6 Å². The van der Waals surface area contributed by atoms with Gasteiger partial charge in [0.15, 0.2) is 0 Å². The molecule has 4 aromatic carbocycles. The van der Waals surface area contributed by atoms with Crippen LogP contribution in [-0.2, 0) is 0 Å². The zero-order valence-electron chi connectivity index (χ0n) is 24.6. The second kappa shape index (κ2) is 16.3. The normalized spacial score (nSPS) is 13.2. The van der Waals surface area contributed by atoms with E-state index < -0.39 is 10.2 Å². The molecule has 0 spiro atoms. The molecule has 0 atom stereocenters. The molecule has 0 saturated carbocycles. The summed E-state index contributed by atoms with van der Waals surface area (Å²) >= 11 is 3.63. The molecule has 4 nitrogen and oxygen atoms in total. The van der Waals surface area contributed by atoms with Gasteiger partial charge in [0.05, 0.1) is 0 Å². The van der Waals surface area contributed by atoms with Crippen molar-refractivity contribution in [2.75, 3.05) is 0 Å². The van der Waals surface area contributed by atoms with Crippen LogP contribution >= 0.6 is 23.1 Å². The molecule has 228 valence electrons. The Morgan fingerprint density at radius 2 is 0.957 bits per heavy atom. The van der Waals surface area contributed by atoms with Gasteiger partial charge >= 0.3 is 0 Å². The van der Waals surface area contributed by atoms with Gasteiger partial charge in [-0.05, 0) is 52.1 Å². The van der Waals surface area contributed by atoms with Crippen LogP contribution in [0.3, 0.4) is 0 Å². The number of thioether (sulfide) groups is 1. The standard InChI is InChI=1S/C39H29S2.ClHO4/c1(6-16-30-26-37(32-19-9-3-10-20-32)41-38(27-30)33-21-11-4-12-22-33)15-25-36-28-35(31-17-7-2-8-18-31)29-39(40-36)34-23-13-5-14-24-34;2-1(3,4)5/h1-29H;(H,2,3,4,5)/q+1;/p-1. The molecule has 0 amide bonds. The Kier molecular flexibility index (Phi) is 11.7. The Labute approximate surface area is 279 Å². The zero-order valence-corrected chi connectivity index (χ0v) is 27.0. The van der Waals surface area contributed by atoms with Crippen LogP contribution < -0.4 is 18.6 Å². The van der Waals surface area contributed by atoms with Crippen LogP contribution in [-0.4, -0.2) is 0 Å². The van der Waals surface area contributed by atoms with E-state index in [0.29, 0.717) is 0 Å². The van der Waals surface area contributed by atoms with Crippen LogP contribution in [0.5, 0.6) is 0 Å². The summed E-state index contributed by atoms with van der Waals surface area (Å²) in [6.45, 7) is 0. The van der Waals surface area contributed by atoms with Gasteiger partial charge < -0.3 is 0 Å². The molecule has 7 heteroatoms. The summed E-state index contributed by atoms with van der Waals surface area (Å²) in [6.07, 6.45) is 15.3. The topological polar surface area (TPSA) is 92.2 Å². The molecule has 46 heavy (non-hydrogen) atoms. The smallest absolute Gasteiger partial charge is 0.222 e. The maximum absolute atomic E-state index is 8.49. The minimum atomic E-state index is -4.94. The second-order valence-corrected chi connectivity index (χ2v) is 12.9. The van der Waals surface area contributed by atoms with E-state index in [9.17, 15) is 0 Å². The first-order valence-electron chi connectivity index (χ1n) is 14.3. The largest absolute Gasteiger partial charge is 0.239 e. The van der Waals surface area contributed by atoms with Gasteiger partial charge in [0.2, 0.25) is 21.1 Å². The van der Waals surface area contributed by atoms with E-state index in [2.05, 4.69) is 176 Å². The van der Waals surface area contributed by atoms with Gasteiger partial charge in [0.1, 0.15) is 0 Å². The lowest BCUT2D eigenvalue weighted by atomic mass is 10.1. The molecule has 6 rings (SSSR count). The highest BCUT2D eigenvalue weighted by molar-refractivity contribution is 8.16. The minimum absolute atomic E-state index is 1.19. The minimum Gasteiger partial charge on any atom is -0.222 e. The van der Waals surface area contributed by atoms with Crippen molar-refractivity contribution >= 4 is 39.0 Å². The van der Waals surface area contributed by atoms with Gasteiger partial charge in [-0.3, -0.25) is 0 Å². The number of halogens is 1. The van der Waals surface area contributed by atoms with Crippen molar-refractivity contribution in [2.45, 2.75) is 0 Å². The molecular formula is C39H29ClO4S2. The molecule has 0 fully saturated rings. The van der Waals surface area contributed by atoms with Gasteiger partial charge in [-0.1, -0.05) is 145 Å². The Morgan fingerprint density at radius 1 is 0.500 bits per heavy atom. The van der Waals surface area contributed by atoms with E-state index in [1.165, 1.54) is 53.0 Å². The van der Waals surface area contributed by atoms with E-state index in [0.717, 1.165) is 0 Å². The summed E-state index contributed by atoms with van der Waals surface area (Å²) in [5.74, 6) is 0. The van der Waals surface area contributed by atoms with E-state index in [1.807, 2.05) is 23.1 Å². The lowest BCUT2D eigenvalue weighted by molar-refractivity contribution is -2.00. The van der Waals surface area contributed by atoms with Crippen molar-refractivity contribution in [3.05, 3.63) is 191 Å². The summed E-state index contributed by atoms with van der Waals surface area (Å²) in [7, 11) is -4.94. The molecule has 0 unspecified atom stereocenters.